The third-order valence-corrected chi connectivity index (χ3v) is 3.28. The Hall–Kier alpha value is -2.40. The van der Waals surface area contributed by atoms with Crippen molar-refractivity contribution in [2.75, 3.05) is 0 Å². The maximum Gasteiger partial charge on any atom is 0.282 e. The molecule has 5 nitrogen and oxygen atoms in total. The smallest absolute Gasteiger partial charge is 0.282 e. The van der Waals surface area contributed by atoms with E-state index < -0.39 is 10.8 Å². The predicted octanol–water partition coefficient (Wildman–Crippen LogP) is 3.74. The highest BCUT2D eigenvalue weighted by Gasteiger charge is 2.21. The van der Waals surface area contributed by atoms with Crippen LogP contribution in [0.3, 0.4) is 0 Å². The second-order valence-electron chi connectivity index (χ2n) is 4.52. The molecule has 0 aromatic heterocycles. The second kappa shape index (κ2) is 6.37. The molecule has 2 rings (SSSR count). The van der Waals surface area contributed by atoms with Crippen molar-refractivity contribution >= 4 is 23.2 Å². The van der Waals surface area contributed by atoms with Crippen LogP contribution in [0.15, 0.2) is 48.5 Å². The van der Waals surface area contributed by atoms with Crippen LogP contribution in [0, 0.1) is 10.1 Å². The van der Waals surface area contributed by atoms with E-state index in [-0.39, 0.29) is 22.3 Å². The number of nitrogens with zero attached hydrogens (tertiary/aromatic N) is 1. The van der Waals surface area contributed by atoms with Gasteiger partial charge >= 0.3 is 0 Å². The van der Waals surface area contributed by atoms with E-state index in [4.69, 9.17) is 11.6 Å². The number of hydrogen-bond donors (Lipinski definition) is 1. The number of carbonyl (C=O) groups is 1. The minimum Gasteiger partial charge on any atom is -0.345 e. The Balaban J connectivity index is 2.25. The molecule has 0 saturated carbocycles. The average Bonchev–Trinajstić information content (AvgIpc) is 2.47. The lowest BCUT2D eigenvalue weighted by Crippen LogP contribution is -2.27. The molecule has 0 radical (unpaired) electrons. The SMILES string of the molecule is C[C@@H](NC(=O)c1cc(Cl)ccc1[N+](=O)[O-])c1ccccc1. The van der Waals surface area contributed by atoms with Gasteiger partial charge in [-0.05, 0) is 24.6 Å². The molecular formula is C15H13ClN2O3. The highest BCUT2D eigenvalue weighted by atomic mass is 35.5. The number of halogens is 1. The molecular weight excluding hydrogens is 292 g/mol. The van der Waals surface area contributed by atoms with E-state index in [1.807, 2.05) is 37.3 Å². The summed E-state index contributed by atoms with van der Waals surface area (Å²) >= 11 is 5.82. The predicted molar refractivity (Wildman–Crippen MR) is 80.4 cm³/mol. The maximum atomic E-state index is 12.2. The molecule has 0 saturated heterocycles. The quantitative estimate of drug-likeness (QED) is 0.691. The summed E-state index contributed by atoms with van der Waals surface area (Å²) < 4.78 is 0. The monoisotopic (exact) mass is 304 g/mol. The van der Waals surface area contributed by atoms with E-state index >= 15 is 0 Å². The molecule has 0 aliphatic carbocycles. The molecule has 0 fully saturated rings. The number of nitro benzene ring substituents is 1. The molecule has 0 bridgehead atoms. The van der Waals surface area contributed by atoms with Crippen LogP contribution in [0.4, 0.5) is 5.69 Å². The molecule has 0 aliphatic heterocycles. The summed E-state index contributed by atoms with van der Waals surface area (Å²) in [6.07, 6.45) is 0. The summed E-state index contributed by atoms with van der Waals surface area (Å²) in [7, 11) is 0. The Morgan fingerprint density at radius 1 is 1.24 bits per heavy atom. The molecule has 1 N–H and O–H groups in total. The first-order valence-electron chi connectivity index (χ1n) is 6.29. The first-order valence-corrected chi connectivity index (χ1v) is 6.66. The van der Waals surface area contributed by atoms with Crippen LogP contribution in [-0.4, -0.2) is 10.8 Å². The molecule has 6 heteroatoms. The number of amides is 1. The molecule has 0 heterocycles. The molecule has 0 unspecified atom stereocenters. The summed E-state index contributed by atoms with van der Waals surface area (Å²) in [4.78, 5) is 22.6. The van der Waals surface area contributed by atoms with E-state index in [0.29, 0.717) is 0 Å². The van der Waals surface area contributed by atoms with Gasteiger partial charge in [-0.25, -0.2) is 0 Å². The molecule has 21 heavy (non-hydrogen) atoms. The Labute approximate surface area is 126 Å². The summed E-state index contributed by atoms with van der Waals surface area (Å²) in [6, 6.07) is 13.0. The topological polar surface area (TPSA) is 72.2 Å². The first-order chi connectivity index (χ1) is 9.99. The van der Waals surface area contributed by atoms with Crippen molar-refractivity contribution in [2.45, 2.75) is 13.0 Å². The van der Waals surface area contributed by atoms with Gasteiger partial charge in [-0.15, -0.1) is 0 Å². The van der Waals surface area contributed by atoms with Gasteiger partial charge in [0, 0.05) is 11.1 Å². The number of rotatable bonds is 4. The highest BCUT2D eigenvalue weighted by Crippen LogP contribution is 2.23. The zero-order valence-electron chi connectivity index (χ0n) is 11.2. The molecule has 108 valence electrons. The fourth-order valence-electron chi connectivity index (χ4n) is 1.95. The largest absolute Gasteiger partial charge is 0.345 e. The van der Waals surface area contributed by atoms with Crippen molar-refractivity contribution < 1.29 is 9.72 Å². The normalized spacial score (nSPS) is 11.7. The van der Waals surface area contributed by atoms with Crippen molar-refractivity contribution in [3.05, 3.63) is 74.8 Å². The van der Waals surface area contributed by atoms with Crippen LogP contribution < -0.4 is 5.32 Å². The van der Waals surface area contributed by atoms with E-state index in [0.717, 1.165) is 5.56 Å². The van der Waals surface area contributed by atoms with Crippen molar-refractivity contribution in [3.8, 4) is 0 Å². The fourth-order valence-corrected chi connectivity index (χ4v) is 2.12. The van der Waals surface area contributed by atoms with Crippen LogP contribution in [0.1, 0.15) is 28.9 Å². The van der Waals surface area contributed by atoms with Crippen molar-refractivity contribution in [1.29, 1.82) is 0 Å². The molecule has 1 atom stereocenters. The number of hydrogen-bond acceptors (Lipinski definition) is 3. The van der Waals surface area contributed by atoms with Gasteiger partial charge in [0.25, 0.3) is 11.6 Å². The standard InChI is InChI=1S/C15H13ClN2O3/c1-10(11-5-3-2-4-6-11)17-15(19)13-9-12(16)7-8-14(13)18(20)21/h2-10H,1H3,(H,17,19)/t10-/m1/s1. The van der Waals surface area contributed by atoms with Crippen LogP contribution in [0.5, 0.6) is 0 Å². The Kier molecular flexibility index (Phi) is 4.55. The van der Waals surface area contributed by atoms with Crippen LogP contribution in [0.2, 0.25) is 5.02 Å². The van der Waals surface area contributed by atoms with Gasteiger partial charge in [0.15, 0.2) is 0 Å². The zero-order chi connectivity index (χ0) is 15.4. The number of benzene rings is 2. The zero-order valence-corrected chi connectivity index (χ0v) is 12.0. The summed E-state index contributed by atoms with van der Waals surface area (Å²) in [5.74, 6) is -0.527. The van der Waals surface area contributed by atoms with Crippen LogP contribution in [0.25, 0.3) is 0 Å². The van der Waals surface area contributed by atoms with E-state index in [9.17, 15) is 14.9 Å². The number of nitrogens with one attached hydrogen (secondary N) is 1. The van der Waals surface area contributed by atoms with Gasteiger partial charge < -0.3 is 5.32 Å². The first kappa shape index (κ1) is 15.0. The number of carbonyl (C=O) groups excluding carboxylic acids is 1. The lowest BCUT2D eigenvalue weighted by atomic mass is 10.1. The lowest BCUT2D eigenvalue weighted by Gasteiger charge is -2.14. The molecule has 0 spiro atoms. The van der Waals surface area contributed by atoms with Gasteiger partial charge in [-0.3, -0.25) is 14.9 Å². The third kappa shape index (κ3) is 3.58. The van der Waals surface area contributed by atoms with Gasteiger partial charge in [0.1, 0.15) is 5.56 Å². The minimum atomic E-state index is -0.599. The van der Waals surface area contributed by atoms with Crippen molar-refractivity contribution in [3.63, 3.8) is 0 Å². The van der Waals surface area contributed by atoms with Crippen molar-refractivity contribution in [1.82, 2.24) is 5.32 Å². The Morgan fingerprint density at radius 2 is 1.90 bits per heavy atom. The Morgan fingerprint density at radius 3 is 2.52 bits per heavy atom. The van der Waals surface area contributed by atoms with Gasteiger partial charge in [0.2, 0.25) is 0 Å². The summed E-state index contributed by atoms with van der Waals surface area (Å²) in [5, 5.41) is 14.0. The minimum absolute atomic E-state index is 0.0460. The van der Waals surface area contributed by atoms with Crippen LogP contribution >= 0.6 is 11.6 Å². The van der Waals surface area contributed by atoms with Gasteiger partial charge in [-0.1, -0.05) is 41.9 Å². The van der Waals surface area contributed by atoms with Gasteiger partial charge in [-0.2, -0.15) is 0 Å². The molecule has 2 aromatic rings. The summed E-state index contributed by atoms with van der Waals surface area (Å²) in [5.41, 5.74) is 0.600. The third-order valence-electron chi connectivity index (χ3n) is 3.05. The van der Waals surface area contributed by atoms with E-state index in [2.05, 4.69) is 5.32 Å². The molecule has 0 aliphatic rings. The fraction of sp³-hybridized carbons (Fsp3) is 0.133. The molecule has 2 aromatic carbocycles. The lowest BCUT2D eigenvalue weighted by molar-refractivity contribution is -0.385. The average molecular weight is 305 g/mol. The second-order valence-corrected chi connectivity index (χ2v) is 4.96. The summed E-state index contributed by atoms with van der Waals surface area (Å²) in [6.45, 7) is 1.81. The van der Waals surface area contributed by atoms with E-state index in [1.54, 1.807) is 0 Å². The maximum absolute atomic E-state index is 12.2. The van der Waals surface area contributed by atoms with Gasteiger partial charge in [0.05, 0.1) is 11.0 Å². The van der Waals surface area contributed by atoms with Crippen LogP contribution in [-0.2, 0) is 0 Å². The number of nitro groups is 1. The van der Waals surface area contributed by atoms with E-state index in [1.165, 1.54) is 18.2 Å². The van der Waals surface area contributed by atoms with Crippen molar-refractivity contribution in [2.24, 2.45) is 0 Å². The highest BCUT2D eigenvalue weighted by molar-refractivity contribution is 6.31. The Bertz CT molecular complexity index is 674. The molecule has 1 amide bonds.